The second-order valence-electron chi connectivity index (χ2n) is 5.95. The van der Waals surface area contributed by atoms with Gasteiger partial charge < -0.3 is 14.0 Å². The average molecular weight is 437 g/mol. The first kappa shape index (κ1) is 21.2. The van der Waals surface area contributed by atoms with Crippen molar-refractivity contribution in [2.45, 2.75) is 13.5 Å². The van der Waals surface area contributed by atoms with E-state index in [1.165, 1.54) is 24.5 Å². The van der Waals surface area contributed by atoms with Crippen LogP contribution in [0.25, 0.3) is 10.2 Å². The summed E-state index contributed by atoms with van der Waals surface area (Å²) in [4.78, 5) is 29.1. The average Bonchev–Trinajstić information content (AvgIpc) is 3.03. The van der Waals surface area contributed by atoms with E-state index in [-0.39, 0.29) is 10.6 Å². The van der Waals surface area contributed by atoms with Gasteiger partial charge in [0.05, 0.1) is 40.1 Å². The molecule has 0 bridgehead atoms. The first-order valence-electron chi connectivity index (χ1n) is 8.78. The number of esters is 1. The van der Waals surface area contributed by atoms with Gasteiger partial charge in [0.15, 0.2) is 4.80 Å². The smallest absolute Gasteiger partial charge is 0.337 e. The largest absolute Gasteiger partial charge is 0.465 e. The van der Waals surface area contributed by atoms with Gasteiger partial charge in [-0.25, -0.2) is 9.18 Å². The van der Waals surface area contributed by atoms with Crippen LogP contribution < -0.4 is 4.80 Å². The van der Waals surface area contributed by atoms with Crippen molar-refractivity contribution in [3.05, 3.63) is 63.2 Å². The van der Waals surface area contributed by atoms with Gasteiger partial charge in [-0.15, -0.1) is 0 Å². The number of carbonyl (C=O) groups excluding carboxylic acids is 2. The third kappa shape index (κ3) is 4.72. The van der Waals surface area contributed by atoms with Crippen LogP contribution in [-0.4, -0.2) is 36.8 Å². The van der Waals surface area contributed by atoms with Crippen LogP contribution in [0.3, 0.4) is 0 Å². The van der Waals surface area contributed by atoms with E-state index in [1.54, 1.807) is 18.2 Å². The molecular weight excluding hydrogens is 419 g/mol. The Morgan fingerprint density at radius 1 is 1.24 bits per heavy atom. The van der Waals surface area contributed by atoms with Gasteiger partial charge in [0.1, 0.15) is 5.82 Å². The van der Waals surface area contributed by atoms with E-state index in [9.17, 15) is 14.0 Å². The van der Waals surface area contributed by atoms with Crippen LogP contribution in [0.15, 0.2) is 41.4 Å². The molecule has 1 amide bonds. The van der Waals surface area contributed by atoms with E-state index in [2.05, 4.69) is 4.99 Å². The van der Waals surface area contributed by atoms with E-state index in [0.29, 0.717) is 30.1 Å². The van der Waals surface area contributed by atoms with Crippen LogP contribution >= 0.6 is 22.9 Å². The summed E-state index contributed by atoms with van der Waals surface area (Å²) in [6.45, 7) is 3.35. The maximum atomic E-state index is 13.3. The summed E-state index contributed by atoms with van der Waals surface area (Å²) in [5, 5.41) is -0.00583. The molecule has 29 heavy (non-hydrogen) atoms. The van der Waals surface area contributed by atoms with Gasteiger partial charge in [0.2, 0.25) is 0 Å². The molecule has 3 rings (SSSR count). The highest BCUT2D eigenvalue weighted by Crippen LogP contribution is 2.21. The summed E-state index contributed by atoms with van der Waals surface area (Å²) in [6, 6.07) is 8.65. The Balaban J connectivity index is 2.10. The fraction of sp³-hybridized carbons (Fsp3) is 0.250. The van der Waals surface area contributed by atoms with E-state index in [1.807, 2.05) is 11.5 Å². The molecule has 0 saturated carbocycles. The van der Waals surface area contributed by atoms with Crippen molar-refractivity contribution < 1.29 is 23.5 Å². The lowest BCUT2D eigenvalue weighted by Gasteiger charge is -2.06. The molecular formula is C20H18ClFN2O4S. The van der Waals surface area contributed by atoms with Crippen molar-refractivity contribution in [3.63, 3.8) is 0 Å². The molecule has 3 aromatic rings. The van der Waals surface area contributed by atoms with Gasteiger partial charge in [-0.05, 0) is 43.3 Å². The van der Waals surface area contributed by atoms with Crippen LogP contribution in [-0.2, 0) is 16.0 Å². The number of hydrogen-bond donors (Lipinski definition) is 0. The van der Waals surface area contributed by atoms with Crippen molar-refractivity contribution in [3.8, 4) is 0 Å². The number of nitrogens with zero attached hydrogens (tertiary/aromatic N) is 2. The number of hydrogen-bond acceptors (Lipinski definition) is 5. The second kappa shape index (κ2) is 9.30. The molecule has 9 heteroatoms. The molecule has 0 spiro atoms. The molecule has 152 valence electrons. The molecule has 1 heterocycles. The molecule has 0 aliphatic heterocycles. The Labute approximate surface area is 175 Å². The maximum absolute atomic E-state index is 13.3. The molecule has 0 saturated heterocycles. The summed E-state index contributed by atoms with van der Waals surface area (Å²) < 4.78 is 26.1. The van der Waals surface area contributed by atoms with Gasteiger partial charge in [-0.2, -0.15) is 4.99 Å². The van der Waals surface area contributed by atoms with Gasteiger partial charge in [-0.1, -0.05) is 22.9 Å². The molecule has 0 aliphatic carbocycles. The monoisotopic (exact) mass is 436 g/mol. The summed E-state index contributed by atoms with van der Waals surface area (Å²) in [5.41, 5.74) is 1.31. The van der Waals surface area contributed by atoms with Crippen LogP contribution in [0.4, 0.5) is 4.39 Å². The molecule has 6 nitrogen and oxygen atoms in total. The lowest BCUT2D eigenvalue weighted by atomic mass is 10.2. The summed E-state index contributed by atoms with van der Waals surface area (Å²) in [7, 11) is 1.31. The maximum Gasteiger partial charge on any atom is 0.337 e. The van der Waals surface area contributed by atoms with Crippen LogP contribution in [0.5, 0.6) is 0 Å². The van der Waals surface area contributed by atoms with Crippen molar-refractivity contribution >= 4 is 45.0 Å². The topological polar surface area (TPSA) is 69.9 Å². The van der Waals surface area contributed by atoms with Crippen LogP contribution in [0.2, 0.25) is 5.02 Å². The molecule has 0 unspecified atom stereocenters. The van der Waals surface area contributed by atoms with Crippen molar-refractivity contribution in [2.75, 3.05) is 20.3 Å². The van der Waals surface area contributed by atoms with Crippen molar-refractivity contribution in [1.29, 1.82) is 0 Å². The van der Waals surface area contributed by atoms with E-state index < -0.39 is 17.7 Å². The highest BCUT2D eigenvalue weighted by Gasteiger charge is 2.14. The molecule has 0 radical (unpaired) electrons. The number of aromatic nitrogens is 1. The predicted molar refractivity (Wildman–Crippen MR) is 109 cm³/mol. The summed E-state index contributed by atoms with van der Waals surface area (Å²) in [5.74, 6) is -1.57. The van der Waals surface area contributed by atoms with Gasteiger partial charge in [0, 0.05) is 13.2 Å². The Morgan fingerprint density at radius 3 is 2.72 bits per heavy atom. The fourth-order valence-corrected chi connectivity index (χ4v) is 4.07. The number of halogens is 2. The number of rotatable bonds is 6. The number of methoxy groups -OCH3 is 1. The first-order valence-corrected chi connectivity index (χ1v) is 9.97. The minimum atomic E-state index is -0.583. The molecule has 0 N–H and O–H groups in total. The van der Waals surface area contributed by atoms with E-state index in [0.717, 1.165) is 22.3 Å². The zero-order valence-electron chi connectivity index (χ0n) is 15.8. The Kier molecular flexibility index (Phi) is 6.79. The lowest BCUT2D eigenvalue weighted by molar-refractivity contribution is 0.0600. The minimum Gasteiger partial charge on any atom is -0.465 e. The molecule has 0 atom stereocenters. The number of benzene rings is 2. The fourth-order valence-electron chi connectivity index (χ4n) is 2.73. The SMILES string of the molecule is CCOCCn1c(=NC(=O)c2ccc(F)cc2Cl)sc2cc(C(=O)OC)ccc21. The molecule has 0 fully saturated rings. The lowest BCUT2D eigenvalue weighted by Crippen LogP contribution is -2.20. The predicted octanol–water partition coefficient (Wildman–Crippen LogP) is 4.06. The number of thiazole rings is 1. The zero-order chi connectivity index (χ0) is 21.0. The summed E-state index contributed by atoms with van der Waals surface area (Å²) in [6.07, 6.45) is 0. The van der Waals surface area contributed by atoms with Crippen molar-refractivity contribution in [2.24, 2.45) is 4.99 Å². The highest BCUT2D eigenvalue weighted by molar-refractivity contribution is 7.16. The number of ether oxygens (including phenoxy) is 2. The number of carbonyl (C=O) groups is 2. The third-order valence-electron chi connectivity index (χ3n) is 4.13. The minimum absolute atomic E-state index is 0.00583. The van der Waals surface area contributed by atoms with Gasteiger partial charge in [0.25, 0.3) is 5.91 Å². The molecule has 2 aromatic carbocycles. The van der Waals surface area contributed by atoms with E-state index >= 15 is 0 Å². The van der Waals surface area contributed by atoms with E-state index in [4.69, 9.17) is 21.1 Å². The Hall–Kier alpha value is -2.55. The first-order chi connectivity index (χ1) is 13.9. The normalized spacial score (nSPS) is 11.8. The van der Waals surface area contributed by atoms with Gasteiger partial charge >= 0.3 is 5.97 Å². The Bertz CT molecular complexity index is 1140. The van der Waals surface area contributed by atoms with Gasteiger partial charge in [-0.3, -0.25) is 4.79 Å². The van der Waals surface area contributed by atoms with Crippen LogP contribution in [0.1, 0.15) is 27.6 Å². The highest BCUT2D eigenvalue weighted by atomic mass is 35.5. The second-order valence-corrected chi connectivity index (χ2v) is 7.36. The summed E-state index contributed by atoms with van der Waals surface area (Å²) >= 11 is 7.24. The molecule has 1 aromatic heterocycles. The third-order valence-corrected chi connectivity index (χ3v) is 5.48. The zero-order valence-corrected chi connectivity index (χ0v) is 17.3. The van der Waals surface area contributed by atoms with Crippen LogP contribution in [0, 0.1) is 5.82 Å². The number of amides is 1. The number of fused-ring (bicyclic) bond motifs is 1. The standard InChI is InChI=1S/C20H18ClFN2O4S/c1-3-28-9-8-24-16-7-4-12(19(26)27-2)10-17(16)29-20(24)23-18(25)14-6-5-13(22)11-15(14)21/h4-7,10-11H,3,8-9H2,1-2H3. The molecule has 0 aliphatic rings. The quantitative estimate of drug-likeness (QED) is 0.431. The van der Waals surface area contributed by atoms with Crippen molar-refractivity contribution in [1.82, 2.24) is 4.57 Å². The Morgan fingerprint density at radius 2 is 2.03 bits per heavy atom.